The highest BCUT2D eigenvalue weighted by Gasteiger charge is 2.24. The van der Waals surface area contributed by atoms with Gasteiger partial charge in [-0.15, -0.1) is 10.2 Å². The second kappa shape index (κ2) is 9.08. The lowest BCUT2D eigenvalue weighted by atomic mass is 10.0. The summed E-state index contributed by atoms with van der Waals surface area (Å²) in [5.74, 6) is -1.13. The monoisotopic (exact) mass is 401 g/mol. The van der Waals surface area contributed by atoms with E-state index in [0.29, 0.717) is 24.1 Å². The van der Waals surface area contributed by atoms with E-state index in [1.54, 1.807) is 12.1 Å². The fourth-order valence-corrected chi connectivity index (χ4v) is 3.85. The zero-order valence-electron chi connectivity index (χ0n) is 15.4. The molecule has 7 nitrogen and oxygen atoms in total. The van der Waals surface area contributed by atoms with Crippen LogP contribution >= 0.6 is 11.8 Å². The van der Waals surface area contributed by atoms with Gasteiger partial charge in [0.1, 0.15) is 11.7 Å². The highest BCUT2D eigenvalue weighted by Crippen LogP contribution is 2.27. The van der Waals surface area contributed by atoms with Crippen molar-refractivity contribution in [3.05, 3.63) is 30.1 Å². The molecule has 1 aliphatic rings. The van der Waals surface area contributed by atoms with Gasteiger partial charge in [-0.3, -0.25) is 9.36 Å². The Hall–Kier alpha value is -2.57. The number of hydrogen-bond acceptors (Lipinski definition) is 7. The first kappa shape index (κ1) is 20.2. The van der Waals surface area contributed by atoms with E-state index in [-0.39, 0.29) is 29.2 Å². The van der Waals surface area contributed by atoms with Gasteiger partial charge >= 0.3 is 0 Å². The van der Waals surface area contributed by atoms with Crippen molar-refractivity contribution in [1.29, 1.82) is 10.7 Å². The van der Waals surface area contributed by atoms with E-state index in [4.69, 9.17) is 15.4 Å². The summed E-state index contributed by atoms with van der Waals surface area (Å²) in [6.07, 6.45) is 1.94. The Labute approximate surface area is 166 Å². The third-order valence-electron chi connectivity index (χ3n) is 4.46. The third kappa shape index (κ3) is 4.64. The fraction of sp³-hybridized carbons (Fsp3) is 0.421. The number of thioether (sulfide) groups is 1. The normalized spacial score (nSPS) is 17.2. The number of nitriles is 1. The van der Waals surface area contributed by atoms with Crippen molar-refractivity contribution in [2.45, 2.75) is 37.6 Å². The van der Waals surface area contributed by atoms with Crippen LogP contribution in [0.2, 0.25) is 0 Å². The number of carbonyl (C=O) groups excluding carboxylic acids is 1. The Kier molecular flexibility index (Phi) is 6.54. The number of ether oxygens (including phenoxy) is 1. The van der Waals surface area contributed by atoms with Gasteiger partial charge in [0.25, 0.3) is 0 Å². The van der Waals surface area contributed by atoms with E-state index in [2.05, 4.69) is 10.2 Å². The number of Topliss-reactive ketones (excluding diaryl/α,β-unsaturated/α-hetero) is 1. The Morgan fingerprint density at radius 3 is 2.82 bits per heavy atom. The summed E-state index contributed by atoms with van der Waals surface area (Å²) >= 11 is 1.18. The molecule has 2 atom stereocenters. The van der Waals surface area contributed by atoms with E-state index in [0.717, 1.165) is 18.4 Å². The number of rotatable bonds is 8. The number of nitrogens with zero attached hydrogens (tertiary/aromatic N) is 4. The first-order valence-electron chi connectivity index (χ1n) is 8.90. The maximum atomic E-state index is 13.3. The molecule has 28 heavy (non-hydrogen) atoms. The maximum absolute atomic E-state index is 13.3. The molecule has 1 unspecified atom stereocenters. The highest BCUT2D eigenvalue weighted by molar-refractivity contribution is 7.99. The van der Waals surface area contributed by atoms with Crippen molar-refractivity contribution < 1.29 is 13.9 Å². The number of ketones is 1. The number of carbonyl (C=O) groups is 1. The molecule has 1 aliphatic heterocycles. The molecule has 1 fully saturated rings. The summed E-state index contributed by atoms with van der Waals surface area (Å²) in [6, 6.07) is 7.85. The average molecular weight is 401 g/mol. The van der Waals surface area contributed by atoms with E-state index in [1.807, 2.05) is 10.6 Å². The topological polar surface area (TPSA) is 105 Å². The van der Waals surface area contributed by atoms with Crippen molar-refractivity contribution in [2.24, 2.45) is 5.92 Å². The average Bonchev–Trinajstić information content (AvgIpc) is 3.31. The van der Waals surface area contributed by atoms with Crippen LogP contribution in [0, 0.1) is 28.5 Å². The third-order valence-corrected chi connectivity index (χ3v) is 5.45. The van der Waals surface area contributed by atoms with Gasteiger partial charge in [-0.2, -0.15) is 5.26 Å². The molecular formula is C19H20FN5O2S. The van der Waals surface area contributed by atoms with Gasteiger partial charge in [0.15, 0.2) is 16.8 Å². The van der Waals surface area contributed by atoms with Gasteiger partial charge < -0.3 is 10.1 Å². The molecule has 1 aromatic heterocycles. The largest absolute Gasteiger partial charge is 0.376 e. The minimum absolute atomic E-state index is 0.0154. The van der Waals surface area contributed by atoms with Crippen molar-refractivity contribution in [1.82, 2.24) is 14.8 Å². The zero-order chi connectivity index (χ0) is 20.1. The second-order valence-corrected chi connectivity index (χ2v) is 7.50. The van der Waals surface area contributed by atoms with Gasteiger partial charge in [0.2, 0.25) is 0 Å². The molecule has 2 heterocycles. The molecule has 1 aromatic carbocycles. The van der Waals surface area contributed by atoms with E-state index < -0.39 is 5.92 Å². The maximum Gasteiger partial charge on any atom is 0.192 e. The minimum atomic E-state index is -1.04. The van der Waals surface area contributed by atoms with Crippen LogP contribution in [0.3, 0.4) is 0 Å². The Morgan fingerprint density at radius 1 is 1.46 bits per heavy atom. The molecule has 1 N–H and O–H groups in total. The number of nitrogens with one attached hydrogen (secondary N) is 1. The summed E-state index contributed by atoms with van der Waals surface area (Å²) in [5.41, 5.74) is 0.747. The van der Waals surface area contributed by atoms with Crippen molar-refractivity contribution in [3.63, 3.8) is 0 Å². The van der Waals surface area contributed by atoms with Crippen LogP contribution in [-0.2, 0) is 16.1 Å². The Morgan fingerprint density at radius 2 is 2.21 bits per heavy atom. The van der Waals surface area contributed by atoms with Crippen LogP contribution in [-0.4, -0.2) is 44.7 Å². The number of hydrogen-bond donors (Lipinski definition) is 1. The molecular weight excluding hydrogens is 381 g/mol. The van der Waals surface area contributed by atoms with Crippen LogP contribution in [0.15, 0.2) is 29.4 Å². The molecule has 0 spiro atoms. The molecule has 0 bridgehead atoms. The lowest BCUT2D eigenvalue weighted by Gasteiger charge is -2.15. The van der Waals surface area contributed by atoms with Crippen LogP contribution < -0.4 is 0 Å². The van der Waals surface area contributed by atoms with Gasteiger partial charge in [-0.1, -0.05) is 11.8 Å². The molecule has 0 aliphatic carbocycles. The number of aromatic nitrogens is 3. The lowest BCUT2D eigenvalue weighted by Crippen LogP contribution is -2.22. The Bertz CT molecular complexity index is 900. The minimum Gasteiger partial charge on any atom is -0.376 e. The quantitative estimate of drug-likeness (QED) is 0.538. The summed E-state index contributed by atoms with van der Waals surface area (Å²) in [5, 5.41) is 25.6. The summed E-state index contributed by atoms with van der Waals surface area (Å²) in [4.78, 5) is 12.3. The predicted molar refractivity (Wildman–Crippen MR) is 103 cm³/mol. The molecule has 1 saturated heterocycles. The van der Waals surface area contributed by atoms with Gasteiger partial charge in [-0.05, 0) is 44.0 Å². The van der Waals surface area contributed by atoms with E-state index >= 15 is 0 Å². The molecule has 0 amide bonds. The van der Waals surface area contributed by atoms with Gasteiger partial charge in [0, 0.05) is 17.9 Å². The van der Waals surface area contributed by atoms with Crippen LogP contribution in [0.5, 0.6) is 0 Å². The second-order valence-electron chi connectivity index (χ2n) is 6.56. The van der Waals surface area contributed by atoms with Crippen LogP contribution in [0.4, 0.5) is 4.39 Å². The molecule has 0 saturated carbocycles. The van der Waals surface area contributed by atoms with E-state index in [1.165, 1.54) is 30.8 Å². The molecule has 9 heteroatoms. The molecule has 3 rings (SSSR count). The van der Waals surface area contributed by atoms with E-state index in [9.17, 15) is 9.18 Å². The summed E-state index contributed by atoms with van der Waals surface area (Å²) in [6.45, 7) is 2.69. The number of benzene rings is 1. The lowest BCUT2D eigenvalue weighted by molar-refractivity contribution is -0.117. The SMILES string of the molecule is CC(=N)C(C#N)C(=O)CSc1nnc(-c2ccc(F)cc2)n1C[C@H]1CCCO1. The number of halogens is 1. The fourth-order valence-electron chi connectivity index (χ4n) is 2.99. The summed E-state index contributed by atoms with van der Waals surface area (Å²) < 4.78 is 20.9. The molecule has 2 aromatic rings. The van der Waals surface area contributed by atoms with Crippen molar-refractivity contribution >= 4 is 23.3 Å². The summed E-state index contributed by atoms with van der Waals surface area (Å²) in [7, 11) is 0. The van der Waals surface area contributed by atoms with Crippen molar-refractivity contribution in [3.8, 4) is 17.5 Å². The van der Waals surface area contributed by atoms with Crippen LogP contribution in [0.25, 0.3) is 11.4 Å². The first-order valence-corrected chi connectivity index (χ1v) is 9.89. The standard InChI is InChI=1S/C19H20FN5O2S/c1-12(22)16(9-21)17(26)11-28-19-24-23-18(13-4-6-14(20)7-5-13)25(19)10-15-3-2-8-27-15/h4-7,15-16,22H,2-3,8,10-11H2,1H3/t15-,16?/m1/s1. The highest BCUT2D eigenvalue weighted by atomic mass is 32.2. The zero-order valence-corrected chi connectivity index (χ0v) is 16.2. The van der Waals surface area contributed by atoms with Gasteiger partial charge in [0.05, 0.1) is 24.5 Å². The first-order chi connectivity index (χ1) is 13.5. The predicted octanol–water partition coefficient (Wildman–Crippen LogP) is 3.10. The van der Waals surface area contributed by atoms with Crippen molar-refractivity contribution in [2.75, 3.05) is 12.4 Å². The molecule has 146 valence electrons. The molecule has 0 radical (unpaired) electrons. The van der Waals surface area contributed by atoms with Crippen LogP contribution in [0.1, 0.15) is 19.8 Å². The van der Waals surface area contributed by atoms with Gasteiger partial charge in [-0.25, -0.2) is 4.39 Å². The smallest absolute Gasteiger partial charge is 0.192 e. The Balaban J connectivity index is 1.83.